The summed E-state index contributed by atoms with van der Waals surface area (Å²) in [6.07, 6.45) is 2.13. The first kappa shape index (κ1) is 22.3. The Morgan fingerprint density at radius 2 is 1.87 bits per heavy atom. The average molecular weight is 430 g/mol. The lowest BCUT2D eigenvalue weighted by molar-refractivity contribution is -0.127. The van der Waals surface area contributed by atoms with Gasteiger partial charge in [0.05, 0.1) is 17.4 Å². The maximum atomic E-state index is 13.6. The van der Waals surface area contributed by atoms with Crippen molar-refractivity contribution < 1.29 is 14.0 Å². The number of likely N-dealkylation sites (N-methyl/N-ethyl adjacent to an activating group) is 1. The second kappa shape index (κ2) is 10.6. The number of nitrogens with one attached hydrogen (secondary N) is 1. The topological polar surface area (TPSA) is 52.7 Å². The molecule has 160 valence electrons. The molecule has 1 saturated heterocycles. The van der Waals surface area contributed by atoms with E-state index in [-0.39, 0.29) is 23.7 Å². The Kier molecular flexibility index (Phi) is 7.87. The summed E-state index contributed by atoms with van der Waals surface area (Å²) >= 11 is 1.40. The van der Waals surface area contributed by atoms with Crippen LogP contribution in [0.4, 0.5) is 4.39 Å². The van der Waals surface area contributed by atoms with Crippen LogP contribution in [0.25, 0.3) is 0 Å². The summed E-state index contributed by atoms with van der Waals surface area (Å²) in [4.78, 5) is 29.8. The van der Waals surface area contributed by atoms with Crippen LogP contribution in [-0.4, -0.2) is 61.1 Å². The number of hydrogen-bond acceptors (Lipinski definition) is 4. The molecule has 0 saturated carbocycles. The van der Waals surface area contributed by atoms with E-state index in [9.17, 15) is 14.0 Å². The van der Waals surface area contributed by atoms with Gasteiger partial charge in [0.25, 0.3) is 5.91 Å². The van der Waals surface area contributed by atoms with E-state index in [0.717, 1.165) is 36.4 Å². The van der Waals surface area contributed by atoms with E-state index in [1.54, 1.807) is 12.1 Å². The second-order valence-corrected chi connectivity index (χ2v) is 8.63. The normalized spacial score (nSPS) is 14.7. The van der Waals surface area contributed by atoms with Gasteiger partial charge in [0, 0.05) is 24.5 Å². The van der Waals surface area contributed by atoms with Crippen LogP contribution >= 0.6 is 11.8 Å². The van der Waals surface area contributed by atoms with Gasteiger partial charge in [-0.2, -0.15) is 0 Å². The molecule has 0 spiro atoms. The molecule has 2 amide bonds. The van der Waals surface area contributed by atoms with Crippen molar-refractivity contribution in [2.45, 2.75) is 23.8 Å². The van der Waals surface area contributed by atoms with Gasteiger partial charge in [0.1, 0.15) is 5.82 Å². The first-order valence-electron chi connectivity index (χ1n) is 10.2. The predicted octanol–water partition coefficient (Wildman–Crippen LogP) is 3.57. The molecule has 5 nitrogen and oxygen atoms in total. The van der Waals surface area contributed by atoms with Crippen LogP contribution in [0.3, 0.4) is 0 Å². The summed E-state index contributed by atoms with van der Waals surface area (Å²) in [5.41, 5.74) is 1.35. The summed E-state index contributed by atoms with van der Waals surface area (Å²) in [7, 11) is 3.80. The third-order valence-electron chi connectivity index (χ3n) is 5.25. The van der Waals surface area contributed by atoms with Gasteiger partial charge in [-0.05, 0) is 56.8 Å². The van der Waals surface area contributed by atoms with Crippen LogP contribution in [0, 0.1) is 5.82 Å². The Morgan fingerprint density at radius 3 is 2.57 bits per heavy atom. The lowest BCUT2D eigenvalue weighted by Gasteiger charge is -2.25. The number of carbonyl (C=O) groups is 2. The van der Waals surface area contributed by atoms with Crippen LogP contribution in [0.1, 0.15) is 34.8 Å². The number of rotatable bonds is 8. The number of amides is 2. The number of hydrogen-bond donors (Lipinski definition) is 1. The molecule has 1 unspecified atom stereocenters. The summed E-state index contributed by atoms with van der Waals surface area (Å²) < 4.78 is 13.6. The average Bonchev–Trinajstić information content (AvgIpc) is 3.27. The van der Waals surface area contributed by atoms with Gasteiger partial charge in [-0.1, -0.05) is 24.3 Å². The molecule has 30 heavy (non-hydrogen) atoms. The molecular weight excluding hydrogens is 401 g/mol. The zero-order valence-corrected chi connectivity index (χ0v) is 18.3. The molecule has 2 aromatic rings. The van der Waals surface area contributed by atoms with Gasteiger partial charge >= 0.3 is 0 Å². The molecule has 2 aromatic carbocycles. The Morgan fingerprint density at radius 1 is 1.13 bits per heavy atom. The fourth-order valence-corrected chi connectivity index (χ4v) is 4.53. The fourth-order valence-electron chi connectivity index (χ4n) is 3.57. The van der Waals surface area contributed by atoms with Crippen LogP contribution in [-0.2, 0) is 4.79 Å². The first-order chi connectivity index (χ1) is 14.5. The largest absolute Gasteiger partial charge is 0.350 e. The Labute approximate surface area is 181 Å². The lowest BCUT2D eigenvalue weighted by atomic mass is 10.1. The minimum Gasteiger partial charge on any atom is -0.350 e. The number of carbonyl (C=O) groups excluding carboxylic acids is 2. The second-order valence-electron chi connectivity index (χ2n) is 7.62. The monoisotopic (exact) mass is 429 g/mol. The number of thioether (sulfide) groups is 1. The van der Waals surface area contributed by atoms with Crippen LogP contribution < -0.4 is 5.32 Å². The number of benzene rings is 2. The van der Waals surface area contributed by atoms with Gasteiger partial charge in [0.15, 0.2) is 0 Å². The SMILES string of the molecule is CN(C)C(CNC(=O)c1ccccc1SCC(=O)N1CCCC1)c1cccc(F)c1. The molecule has 0 aliphatic carbocycles. The Hall–Kier alpha value is -2.38. The third kappa shape index (κ3) is 5.83. The molecule has 1 fully saturated rings. The van der Waals surface area contributed by atoms with Gasteiger partial charge in [-0.25, -0.2) is 4.39 Å². The molecule has 1 heterocycles. The molecule has 3 rings (SSSR count). The van der Waals surface area contributed by atoms with E-state index in [4.69, 9.17) is 0 Å². The number of halogens is 1. The quantitative estimate of drug-likeness (QED) is 0.652. The van der Waals surface area contributed by atoms with E-state index >= 15 is 0 Å². The smallest absolute Gasteiger partial charge is 0.252 e. The van der Waals surface area contributed by atoms with Gasteiger partial charge in [-0.15, -0.1) is 11.8 Å². The van der Waals surface area contributed by atoms with Crippen molar-refractivity contribution in [2.75, 3.05) is 39.5 Å². The molecule has 1 N–H and O–H groups in total. The summed E-state index contributed by atoms with van der Waals surface area (Å²) in [6, 6.07) is 13.6. The van der Waals surface area contributed by atoms with Crippen molar-refractivity contribution in [1.29, 1.82) is 0 Å². The fraction of sp³-hybridized carbons (Fsp3) is 0.391. The highest BCUT2D eigenvalue weighted by Crippen LogP contribution is 2.24. The van der Waals surface area contributed by atoms with E-state index in [0.29, 0.717) is 17.9 Å². The molecule has 7 heteroatoms. The minimum atomic E-state index is -0.296. The standard InChI is InChI=1S/C23H28FN3O2S/c1-26(2)20(17-8-7-9-18(24)14-17)15-25-23(29)19-10-3-4-11-21(19)30-16-22(28)27-12-5-6-13-27/h3-4,7-11,14,20H,5-6,12-13,15-16H2,1-2H3,(H,25,29). The third-order valence-corrected chi connectivity index (χ3v) is 6.31. The first-order valence-corrected chi connectivity index (χ1v) is 11.1. The lowest BCUT2D eigenvalue weighted by Crippen LogP contribution is -2.34. The highest BCUT2D eigenvalue weighted by atomic mass is 32.2. The Balaban J connectivity index is 1.64. The zero-order chi connectivity index (χ0) is 21.5. The molecule has 1 aliphatic heterocycles. The van der Waals surface area contributed by atoms with Crippen molar-refractivity contribution in [2.24, 2.45) is 0 Å². The maximum Gasteiger partial charge on any atom is 0.252 e. The predicted molar refractivity (Wildman–Crippen MR) is 118 cm³/mol. The highest BCUT2D eigenvalue weighted by molar-refractivity contribution is 8.00. The van der Waals surface area contributed by atoms with E-state index in [2.05, 4.69) is 5.32 Å². The molecule has 0 radical (unpaired) electrons. The van der Waals surface area contributed by atoms with Crippen LogP contribution in [0.5, 0.6) is 0 Å². The van der Waals surface area contributed by atoms with Gasteiger partial charge < -0.3 is 15.1 Å². The molecular formula is C23H28FN3O2S. The summed E-state index contributed by atoms with van der Waals surface area (Å²) in [5.74, 6) is -0.0509. The maximum absolute atomic E-state index is 13.6. The van der Waals surface area contributed by atoms with Gasteiger partial charge in [0.2, 0.25) is 5.91 Å². The van der Waals surface area contributed by atoms with Crippen LogP contribution in [0.2, 0.25) is 0 Å². The molecule has 0 aromatic heterocycles. The van der Waals surface area contributed by atoms with E-state index < -0.39 is 0 Å². The van der Waals surface area contributed by atoms with Crippen LogP contribution in [0.15, 0.2) is 53.4 Å². The highest BCUT2D eigenvalue weighted by Gasteiger charge is 2.20. The Bertz CT molecular complexity index is 884. The summed E-state index contributed by atoms with van der Waals surface area (Å²) in [6.45, 7) is 2.00. The molecule has 1 aliphatic rings. The van der Waals surface area contributed by atoms with E-state index in [1.807, 2.05) is 48.2 Å². The number of nitrogens with zero attached hydrogens (tertiary/aromatic N) is 2. The van der Waals surface area contributed by atoms with E-state index in [1.165, 1.54) is 23.9 Å². The minimum absolute atomic E-state index is 0.117. The van der Waals surface area contributed by atoms with Gasteiger partial charge in [-0.3, -0.25) is 9.59 Å². The van der Waals surface area contributed by atoms with Crippen molar-refractivity contribution in [1.82, 2.24) is 15.1 Å². The molecule has 0 bridgehead atoms. The van der Waals surface area contributed by atoms with Crippen molar-refractivity contribution in [3.63, 3.8) is 0 Å². The summed E-state index contributed by atoms with van der Waals surface area (Å²) in [5, 5.41) is 2.97. The van der Waals surface area contributed by atoms with Crippen molar-refractivity contribution in [3.05, 3.63) is 65.5 Å². The van der Waals surface area contributed by atoms with Crippen molar-refractivity contribution >= 4 is 23.6 Å². The van der Waals surface area contributed by atoms with Crippen molar-refractivity contribution in [3.8, 4) is 0 Å². The number of likely N-dealkylation sites (tertiary alicyclic amines) is 1. The molecule has 1 atom stereocenters. The zero-order valence-electron chi connectivity index (χ0n) is 17.4.